The maximum Gasteiger partial charge on any atom is 0.163 e. The summed E-state index contributed by atoms with van der Waals surface area (Å²) >= 11 is 0. The third kappa shape index (κ3) is 3.28. The average Bonchev–Trinajstić information content (AvgIpc) is 2.61. The van der Waals surface area contributed by atoms with E-state index in [1.807, 2.05) is 49.4 Å². The lowest BCUT2D eigenvalue weighted by molar-refractivity contribution is 0.171. The molecule has 2 heterocycles. The van der Waals surface area contributed by atoms with E-state index < -0.39 is 0 Å². The number of aromatic nitrogens is 1. The van der Waals surface area contributed by atoms with Crippen LogP contribution in [0.4, 0.5) is 11.4 Å². The molecule has 0 fully saturated rings. The van der Waals surface area contributed by atoms with E-state index >= 15 is 0 Å². The number of fused-ring (bicyclic) bond motifs is 2. The van der Waals surface area contributed by atoms with Gasteiger partial charge in [0, 0.05) is 28.5 Å². The lowest BCUT2D eigenvalue weighted by Crippen LogP contribution is -2.15. The molecule has 0 spiro atoms. The Bertz CT molecular complexity index is 915. The Hall–Kier alpha value is -2.66. The SMILES string of the molecule is COc1cccc2c(Nc3ccc4c(c3)OCCO4)cc(C)nc12.Cl. The van der Waals surface area contributed by atoms with E-state index in [1.165, 1.54) is 0 Å². The molecule has 0 saturated heterocycles. The Labute approximate surface area is 152 Å². The summed E-state index contributed by atoms with van der Waals surface area (Å²) in [5.41, 5.74) is 3.69. The van der Waals surface area contributed by atoms with Crippen LogP contribution < -0.4 is 19.5 Å². The molecule has 25 heavy (non-hydrogen) atoms. The lowest BCUT2D eigenvalue weighted by atomic mass is 10.1. The van der Waals surface area contributed by atoms with Gasteiger partial charge < -0.3 is 19.5 Å². The Balaban J connectivity index is 0.00000182. The highest BCUT2D eigenvalue weighted by atomic mass is 35.5. The highest BCUT2D eigenvalue weighted by Crippen LogP contribution is 2.36. The predicted molar refractivity (Wildman–Crippen MR) is 101 cm³/mol. The van der Waals surface area contributed by atoms with Crippen LogP contribution in [0.15, 0.2) is 42.5 Å². The molecule has 4 rings (SSSR count). The molecule has 0 amide bonds. The molecule has 1 N–H and O–H groups in total. The number of methoxy groups -OCH3 is 1. The van der Waals surface area contributed by atoms with E-state index in [4.69, 9.17) is 14.2 Å². The fourth-order valence-electron chi connectivity index (χ4n) is 2.90. The zero-order valence-corrected chi connectivity index (χ0v) is 14.9. The largest absolute Gasteiger partial charge is 0.494 e. The van der Waals surface area contributed by atoms with Crippen molar-refractivity contribution in [2.24, 2.45) is 0 Å². The van der Waals surface area contributed by atoms with Gasteiger partial charge in [0.25, 0.3) is 0 Å². The molecule has 3 aromatic rings. The van der Waals surface area contributed by atoms with E-state index in [9.17, 15) is 0 Å². The molecule has 5 nitrogen and oxygen atoms in total. The molecular weight excluding hydrogens is 340 g/mol. The maximum absolute atomic E-state index is 5.65. The number of rotatable bonds is 3. The van der Waals surface area contributed by atoms with Gasteiger partial charge in [-0.1, -0.05) is 12.1 Å². The van der Waals surface area contributed by atoms with Crippen molar-refractivity contribution in [2.75, 3.05) is 25.6 Å². The molecular formula is C19H19ClN2O3. The number of hydrogen-bond donors (Lipinski definition) is 1. The summed E-state index contributed by atoms with van der Waals surface area (Å²) in [4.78, 5) is 4.61. The number of nitrogens with zero attached hydrogens (tertiary/aromatic N) is 1. The summed E-state index contributed by atoms with van der Waals surface area (Å²) in [6.45, 7) is 3.14. The van der Waals surface area contributed by atoms with Crippen LogP contribution >= 0.6 is 12.4 Å². The number of benzene rings is 2. The number of hydrogen-bond acceptors (Lipinski definition) is 5. The van der Waals surface area contributed by atoms with Gasteiger partial charge in [-0.05, 0) is 31.2 Å². The number of halogens is 1. The number of nitrogens with one attached hydrogen (secondary N) is 1. The van der Waals surface area contributed by atoms with E-state index in [2.05, 4.69) is 10.3 Å². The highest BCUT2D eigenvalue weighted by Gasteiger charge is 2.13. The van der Waals surface area contributed by atoms with Gasteiger partial charge in [-0.25, -0.2) is 4.98 Å². The topological polar surface area (TPSA) is 52.6 Å². The molecule has 6 heteroatoms. The zero-order chi connectivity index (χ0) is 16.5. The Morgan fingerprint density at radius 2 is 1.84 bits per heavy atom. The van der Waals surface area contributed by atoms with E-state index in [0.717, 1.165) is 45.2 Å². The Morgan fingerprint density at radius 3 is 2.64 bits per heavy atom. The van der Waals surface area contributed by atoms with Gasteiger partial charge >= 0.3 is 0 Å². The maximum atomic E-state index is 5.65. The van der Waals surface area contributed by atoms with Gasteiger partial charge in [-0.2, -0.15) is 0 Å². The van der Waals surface area contributed by atoms with Gasteiger partial charge in [0.2, 0.25) is 0 Å². The summed E-state index contributed by atoms with van der Waals surface area (Å²) in [6, 6.07) is 13.8. The molecule has 2 aromatic carbocycles. The first kappa shape index (κ1) is 17.2. The quantitative estimate of drug-likeness (QED) is 0.747. The first-order valence-corrected chi connectivity index (χ1v) is 7.85. The molecule has 130 valence electrons. The molecule has 1 aliphatic rings. The van der Waals surface area contributed by atoms with Crippen molar-refractivity contribution >= 4 is 34.7 Å². The van der Waals surface area contributed by atoms with Gasteiger partial charge in [-0.3, -0.25) is 0 Å². The molecule has 0 bridgehead atoms. The molecule has 0 aliphatic carbocycles. The van der Waals surface area contributed by atoms with Crippen LogP contribution in [0.5, 0.6) is 17.2 Å². The third-order valence-electron chi connectivity index (χ3n) is 3.97. The first-order valence-electron chi connectivity index (χ1n) is 7.85. The molecule has 0 radical (unpaired) electrons. The van der Waals surface area contributed by atoms with Gasteiger partial charge in [-0.15, -0.1) is 12.4 Å². The summed E-state index contributed by atoms with van der Waals surface area (Å²) in [6.07, 6.45) is 0. The van der Waals surface area contributed by atoms with E-state index in [-0.39, 0.29) is 12.4 Å². The standard InChI is InChI=1S/C19H18N2O3.ClH/c1-12-10-15(14-4-3-5-17(22-2)19(14)20-12)21-13-6-7-16-18(11-13)24-9-8-23-16;/h3-7,10-11H,8-9H2,1-2H3,(H,20,21);1H. The van der Waals surface area contributed by atoms with Crippen molar-refractivity contribution in [3.63, 3.8) is 0 Å². The minimum Gasteiger partial charge on any atom is -0.494 e. The second-order valence-electron chi connectivity index (χ2n) is 5.65. The number of ether oxygens (including phenoxy) is 3. The van der Waals surface area contributed by atoms with Crippen LogP contribution in [0.1, 0.15) is 5.69 Å². The van der Waals surface area contributed by atoms with Crippen molar-refractivity contribution in [1.82, 2.24) is 4.98 Å². The number of aryl methyl sites for hydroxylation is 1. The van der Waals surface area contributed by atoms with Crippen molar-refractivity contribution in [1.29, 1.82) is 0 Å². The van der Waals surface area contributed by atoms with Crippen molar-refractivity contribution in [3.05, 3.63) is 48.2 Å². The average molecular weight is 359 g/mol. The molecule has 0 unspecified atom stereocenters. The molecule has 1 aliphatic heterocycles. The molecule has 0 atom stereocenters. The van der Waals surface area contributed by atoms with Crippen LogP contribution in [-0.2, 0) is 0 Å². The minimum absolute atomic E-state index is 0. The summed E-state index contributed by atoms with van der Waals surface area (Å²) < 4.78 is 16.7. The Kier molecular flexibility index (Phi) is 4.86. The first-order chi connectivity index (χ1) is 11.7. The zero-order valence-electron chi connectivity index (χ0n) is 14.0. The minimum atomic E-state index is 0. The highest BCUT2D eigenvalue weighted by molar-refractivity contribution is 5.96. The number of pyridine rings is 1. The van der Waals surface area contributed by atoms with Crippen molar-refractivity contribution in [3.8, 4) is 17.2 Å². The third-order valence-corrected chi connectivity index (χ3v) is 3.97. The second-order valence-corrected chi connectivity index (χ2v) is 5.65. The number of para-hydroxylation sites is 1. The van der Waals surface area contributed by atoms with Crippen LogP contribution in [0.25, 0.3) is 10.9 Å². The predicted octanol–water partition coefficient (Wildman–Crippen LogP) is 4.49. The smallest absolute Gasteiger partial charge is 0.163 e. The second kappa shape index (κ2) is 7.07. The lowest BCUT2D eigenvalue weighted by Gasteiger charge is -2.19. The van der Waals surface area contributed by atoms with Crippen molar-refractivity contribution in [2.45, 2.75) is 6.92 Å². The fourth-order valence-corrected chi connectivity index (χ4v) is 2.90. The number of anilines is 2. The summed E-state index contributed by atoms with van der Waals surface area (Å²) in [7, 11) is 1.66. The van der Waals surface area contributed by atoms with E-state index in [0.29, 0.717) is 13.2 Å². The van der Waals surface area contributed by atoms with E-state index in [1.54, 1.807) is 7.11 Å². The monoisotopic (exact) mass is 358 g/mol. The fraction of sp³-hybridized carbons (Fsp3) is 0.211. The molecule has 1 aromatic heterocycles. The normalized spacial score (nSPS) is 12.4. The summed E-state index contributed by atoms with van der Waals surface area (Å²) in [5.74, 6) is 2.31. The van der Waals surface area contributed by atoms with Gasteiger partial charge in [0.15, 0.2) is 11.5 Å². The summed E-state index contributed by atoms with van der Waals surface area (Å²) in [5, 5.41) is 4.47. The molecule has 0 saturated carbocycles. The van der Waals surface area contributed by atoms with Gasteiger partial charge in [0.1, 0.15) is 24.5 Å². The Morgan fingerprint density at radius 1 is 1.04 bits per heavy atom. The van der Waals surface area contributed by atoms with Crippen molar-refractivity contribution < 1.29 is 14.2 Å². The van der Waals surface area contributed by atoms with Gasteiger partial charge in [0.05, 0.1) is 7.11 Å². The van der Waals surface area contributed by atoms with Crippen LogP contribution in [0.2, 0.25) is 0 Å². The van der Waals surface area contributed by atoms with Crippen LogP contribution in [0, 0.1) is 6.92 Å². The van der Waals surface area contributed by atoms with Crippen LogP contribution in [-0.4, -0.2) is 25.3 Å². The van der Waals surface area contributed by atoms with Crippen LogP contribution in [0.3, 0.4) is 0 Å².